The molecule has 0 bridgehead atoms. The number of benzene rings is 1. The summed E-state index contributed by atoms with van der Waals surface area (Å²) in [5.74, 6) is 0. The Bertz CT molecular complexity index is 563. The lowest BCUT2D eigenvalue weighted by Crippen LogP contribution is -2.19. The fraction of sp³-hybridized carbons (Fsp3) is 0.375. The van der Waals surface area contributed by atoms with Crippen LogP contribution in [0.25, 0.3) is 0 Å². The zero-order valence-corrected chi connectivity index (χ0v) is 13.4. The van der Waals surface area contributed by atoms with Gasteiger partial charge in [-0.3, -0.25) is 0 Å². The van der Waals surface area contributed by atoms with E-state index < -0.39 is 0 Å². The smallest absolute Gasteiger partial charge is 0.0595 e. The van der Waals surface area contributed by atoms with Crippen molar-refractivity contribution < 1.29 is 0 Å². The van der Waals surface area contributed by atoms with Gasteiger partial charge in [0.25, 0.3) is 0 Å². The first-order valence-corrected chi connectivity index (χ1v) is 7.72. The molecule has 1 unspecified atom stereocenters. The highest BCUT2D eigenvalue weighted by Crippen LogP contribution is 2.23. The van der Waals surface area contributed by atoms with Gasteiger partial charge in [0.1, 0.15) is 0 Å². The number of hydrogen-bond acceptors (Lipinski definition) is 1. The quantitative estimate of drug-likeness (QED) is 0.802. The van der Waals surface area contributed by atoms with Gasteiger partial charge in [0, 0.05) is 25.0 Å². The van der Waals surface area contributed by atoms with E-state index in [1.54, 1.807) is 0 Å². The van der Waals surface area contributed by atoms with Crippen molar-refractivity contribution in [1.29, 1.82) is 0 Å². The van der Waals surface area contributed by atoms with Gasteiger partial charge in [0.2, 0.25) is 0 Å². The van der Waals surface area contributed by atoms with Gasteiger partial charge in [0.15, 0.2) is 0 Å². The van der Waals surface area contributed by atoms with E-state index in [-0.39, 0.29) is 0 Å². The molecule has 2 aromatic rings. The zero-order valence-electron chi connectivity index (χ0n) is 11.9. The van der Waals surface area contributed by atoms with Crippen LogP contribution < -0.4 is 5.32 Å². The highest BCUT2D eigenvalue weighted by Gasteiger charge is 2.09. The van der Waals surface area contributed by atoms with E-state index in [9.17, 15) is 0 Å². The van der Waals surface area contributed by atoms with E-state index in [0.717, 1.165) is 25.1 Å². The fourth-order valence-electron chi connectivity index (χ4n) is 2.36. The summed E-state index contributed by atoms with van der Waals surface area (Å²) >= 11 is 12.0. The molecule has 0 spiro atoms. The molecule has 0 aliphatic heterocycles. The monoisotopic (exact) mass is 310 g/mol. The van der Waals surface area contributed by atoms with E-state index in [1.165, 1.54) is 5.56 Å². The molecule has 20 heavy (non-hydrogen) atoms. The van der Waals surface area contributed by atoms with Crippen LogP contribution in [-0.2, 0) is 6.54 Å². The zero-order chi connectivity index (χ0) is 14.5. The summed E-state index contributed by atoms with van der Waals surface area (Å²) in [4.78, 5) is 0. The van der Waals surface area contributed by atoms with Crippen LogP contribution in [0.4, 0.5) is 0 Å². The Balaban J connectivity index is 2.10. The van der Waals surface area contributed by atoms with Crippen molar-refractivity contribution in [3.8, 4) is 0 Å². The van der Waals surface area contributed by atoms with Gasteiger partial charge in [-0.15, -0.1) is 0 Å². The predicted octanol–water partition coefficient (Wildman–Crippen LogP) is 4.90. The summed E-state index contributed by atoms with van der Waals surface area (Å²) in [5, 5.41) is 4.70. The number of nitrogens with one attached hydrogen (secondary N) is 1. The van der Waals surface area contributed by atoms with Gasteiger partial charge in [-0.25, -0.2) is 0 Å². The Morgan fingerprint density at radius 3 is 2.60 bits per heavy atom. The molecule has 0 saturated heterocycles. The summed E-state index contributed by atoms with van der Waals surface area (Å²) in [6.45, 7) is 6.12. The van der Waals surface area contributed by atoms with Crippen LogP contribution in [0.1, 0.15) is 37.4 Å². The maximum Gasteiger partial charge on any atom is 0.0595 e. The molecule has 0 aliphatic rings. The van der Waals surface area contributed by atoms with Gasteiger partial charge in [0.05, 0.1) is 10.0 Å². The lowest BCUT2D eigenvalue weighted by Gasteiger charge is -2.14. The van der Waals surface area contributed by atoms with Crippen molar-refractivity contribution in [2.24, 2.45) is 0 Å². The second kappa shape index (κ2) is 7.16. The van der Waals surface area contributed by atoms with Crippen molar-refractivity contribution in [2.75, 3.05) is 6.54 Å². The summed E-state index contributed by atoms with van der Waals surface area (Å²) in [6.07, 6.45) is 5.39. The number of hydrogen-bond donors (Lipinski definition) is 1. The average molecular weight is 311 g/mol. The fourth-order valence-corrected chi connectivity index (χ4v) is 2.68. The Morgan fingerprint density at radius 1 is 1.15 bits per heavy atom. The Morgan fingerprint density at radius 2 is 1.95 bits per heavy atom. The third-order valence-corrected chi connectivity index (χ3v) is 4.12. The molecule has 1 aromatic heterocycles. The van der Waals surface area contributed by atoms with Gasteiger partial charge in [-0.1, -0.05) is 43.1 Å². The van der Waals surface area contributed by atoms with Crippen LogP contribution in [-0.4, -0.2) is 11.1 Å². The van der Waals surface area contributed by atoms with Crippen molar-refractivity contribution >= 4 is 23.2 Å². The number of aromatic nitrogens is 1. The predicted molar refractivity (Wildman–Crippen MR) is 86.7 cm³/mol. The molecule has 4 heteroatoms. The Labute approximate surface area is 130 Å². The highest BCUT2D eigenvalue weighted by molar-refractivity contribution is 6.42. The molecule has 2 rings (SSSR count). The number of halogens is 2. The molecule has 1 atom stereocenters. The van der Waals surface area contributed by atoms with Gasteiger partial charge in [-0.2, -0.15) is 0 Å². The molecule has 0 amide bonds. The minimum absolute atomic E-state index is 0.426. The van der Waals surface area contributed by atoms with Gasteiger partial charge in [-0.05, 0) is 42.3 Å². The lowest BCUT2D eigenvalue weighted by molar-refractivity contribution is 0.536. The maximum absolute atomic E-state index is 6.05. The van der Waals surface area contributed by atoms with E-state index in [0.29, 0.717) is 16.1 Å². The van der Waals surface area contributed by atoms with Crippen LogP contribution in [0.15, 0.2) is 36.7 Å². The van der Waals surface area contributed by atoms with Crippen molar-refractivity contribution in [2.45, 2.75) is 32.9 Å². The van der Waals surface area contributed by atoms with Gasteiger partial charge < -0.3 is 9.88 Å². The first kappa shape index (κ1) is 15.4. The van der Waals surface area contributed by atoms with Gasteiger partial charge >= 0.3 is 0 Å². The minimum Gasteiger partial charge on any atom is -0.350 e. The third-order valence-electron chi connectivity index (χ3n) is 3.38. The van der Waals surface area contributed by atoms with E-state index in [2.05, 4.69) is 42.2 Å². The molecule has 0 fully saturated rings. The summed E-state index contributed by atoms with van der Waals surface area (Å²) in [5.41, 5.74) is 2.48. The molecular formula is C16H20Cl2N2. The van der Waals surface area contributed by atoms with E-state index in [4.69, 9.17) is 23.2 Å². The van der Waals surface area contributed by atoms with Crippen LogP contribution in [0.2, 0.25) is 10.0 Å². The lowest BCUT2D eigenvalue weighted by atomic mass is 10.1. The molecule has 1 heterocycles. The van der Waals surface area contributed by atoms with Crippen molar-refractivity contribution in [3.05, 3.63) is 57.8 Å². The molecule has 1 N–H and O–H groups in total. The van der Waals surface area contributed by atoms with Crippen LogP contribution in [0, 0.1) is 0 Å². The standard InChI is InChI=1S/C16H20Cl2N2/c1-3-16(19-4-2)13-7-8-20(11-13)10-12-5-6-14(17)15(18)9-12/h5-9,11,16,19H,3-4,10H2,1-2H3. The van der Waals surface area contributed by atoms with Crippen LogP contribution >= 0.6 is 23.2 Å². The molecular weight excluding hydrogens is 291 g/mol. The van der Waals surface area contributed by atoms with E-state index >= 15 is 0 Å². The molecule has 1 aromatic carbocycles. The first-order chi connectivity index (χ1) is 9.63. The largest absolute Gasteiger partial charge is 0.350 e. The number of rotatable bonds is 6. The third kappa shape index (κ3) is 3.78. The normalized spacial score (nSPS) is 12.6. The molecule has 0 radical (unpaired) electrons. The summed E-state index contributed by atoms with van der Waals surface area (Å²) in [6, 6.07) is 8.38. The second-order valence-electron chi connectivity index (χ2n) is 4.88. The Hall–Kier alpha value is -0.960. The first-order valence-electron chi connectivity index (χ1n) is 6.97. The summed E-state index contributed by atoms with van der Waals surface area (Å²) < 4.78 is 2.18. The average Bonchev–Trinajstić information content (AvgIpc) is 2.88. The van der Waals surface area contributed by atoms with Crippen molar-refractivity contribution in [1.82, 2.24) is 9.88 Å². The Kier molecular flexibility index (Phi) is 5.53. The SMILES string of the molecule is CCNC(CC)c1ccn(Cc2ccc(Cl)c(Cl)c2)c1. The summed E-state index contributed by atoms with van der Waals surface area (Å²) in [7, 11) is 0. The molecule has 2 nitrogen and oxygen atoms in total. The molecule has 0 aliphatic carbocycles. The number of nitrogens with zero attached hydrogens (tertiary/aromatic N) is 1. The highest BCUT2D eigenvalue weighted by atomic mass is 35.5. The van der Waals surface area contributed by atoms with Crippen LogP contribution in [0.3, 0.4) is 0 Å². The second-order valence-corrected chi connectivity index (χ2v) is 5.70. The van der Waals surface area contributed by atoms with Crippen LogP contribution in [0.5, 0.6) is 0 Å². The molecule has 0 saturated carbocycles. The van der Waals surface area contributed by atoms with Crippen molar-refractivity contribution in [3.63, 3.8) is 0 Å². The van der Waals surface area contributed by atoms with E-state index in [1.807, 2.05) is 18.2 Å². The maximum atomic E-state index is 6.05. The topological polar surface area (TPSA) is 17.0 Å². The minimum atomic E-state index is 0.426. The molecule has 108 valence electrons.